The number of methoxy groups -OCH3 is 2. The van der Waals surface area contributed by atoms with Gasteiger partial charge in [-0.25, -0.2) is 4.68 Å². The highest BCUT2D eigenvalue weighted by atomic mass is 16.5. The number of ether oxygens (including phenoxy) is 3. The fourth-order valence-electron chi connectivity index (χ4n) is 2.48. The summed E-state index contributed by atoms with van der Waals surface area (Å²) in [6, 6.07) is 6.93. The molecule has 0 radical (unpaired) electrons. The van der Waals surface area contributed by atoms with E-state index in [1.807, 2.05) is 0 Å². The number of anilines is 1. The third kappa shape index (κ3) is 3.86. The maximum absolute atomic E-state index is 12.4. The molecule has 0 spiro atoms. The van der Waals surface area contributed by atoms with Gasteiger partial charge < -0.3 is 24.1 Å². The van der Waals surface area contributed by atoms with E-state index < -0.39 is 0 Å². The molecule has 1 amide bonds. The number of carbonyl (C=O) groups excluding carboxylic acids is 1. The van der Waals surface area contributed by atoms with Crippen LogP contribution in [0.4, 0.5) is 5.69 Å². The largest absolute Gasteiger partial charge is 0.493 e. The SMILES string of the molecule is COc1cccc(OC)c1OCn1ccc(C(=O)Nc2c(C)noc2C)n1. The Morgan fingerprint density at radius 2 is 1.89 bits per heavy atom. The number of amides is 1. The van der Waals surface area contributed by atoms with Crippen molar-refractivity contribution in [1.82, 2.24) is 14.9 Å². The Kier molecular flexibility index (Phi) is 5.30. The van der Waals surface area contributed by atoms with Crippen LogP contribution in [0.3, 0.4) is 0 Å². The summed E-state index contributed by atoms with van der Waals surface area (Å²) >= 11 is 0. The van der Waals surface area contributed by atoms with Crippen molar-refractivity contribution in [2.75, 3.05) is 19.5 Å². The summed E-state index contributed by atoms with van der Waals surface area (Å²) < 4.78 is 22.9. The number of nitrogens with one attached hydrogen (secondary N) is 1. The molecule has 2 heterocycles. The van der Waals surface area contributed by atoms with Crippen LogP contribution in [-0.2, 0) is 6.73 Å². The number of rotatable bonds is 7. The van der Waals surface area contributed by atoms with Crippen LogP contribution >= 0.6 is 0 Å². The van der Waals surface area contributed by atoms with Gasteiger partial charge in [0.25, 0.3) is 5.91 Å². The average Bonchev–Trinajstić information content (AvgIpc) is 3.28. The van der Waals surface area contributed by atoms with Gasteiger partial charge in [0, 0.05) is 6.20 Å². The summed E-state index contributed by atoms with van der Waals surface area (Å²) in [7, 11) is 3.10. The molecule has 2 aromatic heterocycles. The first kappa shape index (κ1) is 18.3. The number of aryl methyl sites for hydroxylation is 2. The van der Waals surface area contributed by atoms with Gasteiger partial charge in [-0.2, -0.15) is 5.10 Å². The lowest BCUT2D eigenvalue weighted by molar-refractivity contribution is 0.101. The molecular weight excluding hydrogens is 352 g/mol. The van der Waals surface area contributed by atoms with E-state index in [0.29, 0.717) is 34.4 Å². The van der Waals surface area contributed by atoms with Crippen molar-refractivity contribution >= 4 is 11.6 Å². The van der Waals surface area contributed by atoms with Crippen LogP contribution in [0, 0.1) is 13.8 Å². The molecule has 0 atom stereocenters. The molecule has 1 N–H and O–H groups in total. The zero-order valence-electron chi connectivity index (χ0n) is 15.5. The first-order valence-corrected chi connectivity index (χ1v) is 8.15. The first-order chi connectivity index (χ1) is 13.0. The van der Waals surface area contributed by atoms with Crippen molar-refractivity contribution in [1.29, 1.82) is 0 Å². The van der Waals surface area contributed by atoms with E-state index in [-0.39, 0.29) is 18.3 Å². The van der Waals surface area contributed by atoms with Crippen LogP contribution in [0.5, 0.6) is 17.2 Å². The Morgan fingerprint density at radius 1 is 1.19 bits per heavy atom. The molecule has 0 aliphatic carbocycles. The molecule has 0 aliphatic rings. The Labute approximate surface area is 155 Å². The van der Waals surface area contributed by atoms with Crippen LogP contribution in [-0.4, -0.2) is 35.1 Å². The Balaban J connectivity index is 1.69. The molecule has 9 nitrogen and oxygen atoms in total. The van der Waals surface area contributed by atoms with Crippen molar-refractivity contribution < 1.29 is 23.5 Å². The summed E-state index contributed by atoms with van der Waals surface area (Å²) in [5, 5.41) is 10.8. The lowest BCUT2D eigenvalue weighted by Gasteiger charge is -2.13. The maximum atomic E-state index is 12.4. The number of aromatic nitrogens is 3. The average molecular weight is 372 g/mol. The molecule has 27 heavy (non-hydrogen) atoms. The minimum atomic E-state index is -0.363. The normalized spacial score (nSPS) is 10.5. The fraction of sp³-hybridized carbons (Fsp3) is 0.278. The van der Waals surface area contributed by atoms with Crippen LogP contribution in [0.25, 0.3) is 0 Å². The second-order valence-electron chi connectivity index (χ2n) is 5.66. The third-order valence-electron chi connectivity index (χ3n) is 3.87. The summed E-state index contributed by atoms with van der Waals surface area (Å²) in [6.45, 7) is 3.55. The van der Waals surface area contributed by atoms with Crippen molar-refractivity contribution in [2.24, 2.45) is 0 Å². The second kappa shape index (κ2) is 7.81. The van der Waals surface area contributed by atoms with Crippen molar-refractivity contribution in [3.8, 4) is 17.2 Å². The maximum Gasteiger partial charge on any atom is 0.276 e. The third-order valence-corrected chi connectivity index (χ3v) is 3.87. The van der Waals surface area contributed by atoms with E-state index in [1.165, 1.54) is 4.68 Å². The molecule has 3 aromatic rings. The molecule has 142 valence electrons. The highest BCUT2D eigenvalue weighted by Gasteiger charge is 2.16. The van der Waals surface area contributed by atoms with Gasteiger partial charge in [-0.1, -0.05) is 11.2 Å². The van der Waals surface area contributed by atoms with Gasteiger partial charge in [-0.3, -0.25) is 4.79 Å². The van der Waals surface area contributed by atoms with Gasteiger partial charge in [0.15, 0.2) is 29.7 Å². The molecule has 3 rings (SSSR count). The molecule has 1 aromatic carbocycles. The number of para-hydroxylation sites is 1. The van der Waals surface area contributed by atoms with Crippen molar-refractivity contribution in [3.05, 3.63) is 47.6 Å². The number of benzene rings is 1. The van der Waals surface area contributed by atoms with Gasteiger partial charge in [0.1, 0.15) is 11.4 Å². The molecule has 0 saturated heterocycles. The summed E-state index contributed by atoms with van der Waals surface area (Å²) in [5.41, 5.74) is 1.39. The number of nitrogens with zero attached hydrogens (tertiary/aromatic N) is 3. The Bertz CT molecular complexity index is 905. The van der Waals surface area contributed by atoms with Crippen LogP contribution < -0.4 is 19.5 Å². The zero-order chi connectivity index (χ0) is 19.4. The lowest BCUT2D eigenvalue weighted by Crippen LogP contribution is -2.15. The molecule has 0 saturated carbocycles. The highest BCUT2D eigenvalue weighted by molar-refractivity contribution is 6.03. The molecule has 0 aliphatic heterocycles. The van der Waals surface area contributed by atoms with Crippen molar-refractivity contribution in [2.45, 2.75) is 20.6 Å². The van der Waals surface area contributed by atoms with E-state index >= 15 is 0 Å². The standard InChI is InChI=1S/C18H20N4O5/c1-11-16(12(2)27-21-11)19-18(23)13-8-9-22(20-13)10-26-17-14(24-3)6-5-7-15(17)25-4/h5-9H,10H2,1-4H3,(H,19,23). The predicted molar refractivity (Wildman–Crippen MR) is 96.3 cm³/mol. The zero-order valence-corrected chi connectivity index (χ0v) is 15.5. The molecule has 0 unspecified atom stereocenters. The monoisotopic (exact) mass is 372 g/mol. The highest BCUT2D eigenvalue weighted by Crippen LogP contribution is 2.36. The summed E-state index contributed by atoms with van der Waals surface area (Å²) in [6.07, 6.45) is 1.64. The minimum absolute atomic E-state index is 0.0787. The van der Waals surface area contributed by atoms with Crippen LogP contribution in [0.1, 0.15) is 21.9 Å². The number of hydrogen-bond donors (Lipinski definition) is 1. The van der Waals surface area contributed by atoms with Gasteiger partial charge in [0.05, 0.1) is 14.2 Å². The summed E-state index contributed by atoms with van der Waals surface area (Å²) in [5.74, 6) is 1.71. The van der Waals surface area contributed by atoms with Gasteiger partial charge in [-0.15, -0.1) is 0 Å². The lowest BCUT2D eigenvalue weighted by atomic mass is 10.3. The summed E-state index contributed by atoms with van der Waals surface area (Å²) in [4.78, 5) is 12.4. The predicted octanol–water partition coefficient (Wildman–Crippen LogP) is 2.79. The van der Waals surface area contributed by atoms with Crippen LogP contribution in [0.15, 0.2) is 35.0 Å². The van der Waals surface area contributed by atoms with Crippen molar-refractivity contribution in [3.63, 3.8) is 0 Å². The van der Waals surface area contributed by atoms with E-state index in [0.717, 1.165) is 0 Å². The Morgan fingerprint density at radius 3 is 2.48 bits per heavy atom. The molecule has 9 heteroatoms. The van der Waals surface area contributed by atoms with E-state index in [4.69, 9.17) is 18.7 Å². The Hall–Kier alpha value is -3.49. The number of carbonyl (C=O) groups is 1. The smallest absolute Gasteiger partial charge is 0.276 e. The van der Waals surface area contributed by atoms with E-state index in [9.17, 15) is 4.79 Å². The van der Waals surface area contributed by atoms with Crippen LogP contribution in [0.2, 0.25) is 0 Å². The first-order valence-electron chi connectivity index (χ1n) is 8.15. The van der Waals surface area contributed by atoms with Gasteiger partial charge >= 0.3 is 0 Å². The fourth-order valence-corrected chi connectivity index (χ4v) is 2.48. The minimum Gasteiger partial charge on any atom is -0.493 e. The van der Waals surface area contributed by atoms with Gasteiger partial charge in [0.2, 0.25) is 5.75 Å². The molecular formula is C18H20N4O5. The second-order valence-corrected chi connectivity index (χ2v) is 5.66. The van der Waals surface area contributed by atoms with Gasteiger partial charge in [-0.05, 0) is 32.0 Å². The number of hydrogen-bond acceptors (Lipinski definition) is 7. The topological polar surface area (TPSA) is 101 Å². The van der Waals surface area contributed by atoms with E-state index in [1.54, 1.807) is 58.5 Å². The van der Waals surface area contributed by atoms with E-state index in [2.05, 4.69) is 15.6 Å². The molecule has 0 fully saturated rings. The quantitative estimate of drug-likeness (QED) is 0.680. The molecule has 0 bridgehead atoms.